The number of ether oxygens (including phenoxy) is 1. The number of nitrogens with one attached hydrogen (secondary N) is 1. The second kappa shape index (κ2) is 9.51. The number of rotatable bonds is 7. The van der Waals surface area contributed by atoms with E-state index in [2.05, 4.69) is 5.32 Å². The lowest BCUT2D eigenvalue weighted by molar-refractivity contribution is 0.0996. The van der Waals surface area contributed by atoms with Gasteiger partial charge < -0.3 is 15.8 Å². The molecule has 0 unspecified atom stereocenters. The van der Waals surface area contributed by atoms with Gasteiger partial charge in [0.1, 0.15) is 5.75 Å². The number of primary amides is 1. The first-order chi connectivity index (χ1) is 15.6. The molecular weight excluding hydrogens is 466 g/mol. The smallest absolute Gasteiger partial charge is 0.264 e. The monoisotopic (exact) mass is 487 g/mol. The predicted octanol–water partition coefficient (Wildman–Crippen LogP) is 3.83. The molecule has 2 amide bonds. The van der Waals surface area contributed by atoms with Gasteiger partial charge in [-0.2, -0.15) is 0 Å². The van der Waals surface area contributed by atoms with Crippen LogP contribution in [0.5, 0.6) is 5.75 Å². The normalized spacial score (nSPS) is 11.0. The van der Waals surface area contributed by atoms with Gasteiger partial charge in [0.2, 0.25) is 5.91 Å². The summed E-state index contributed by atoms with van der Waals surface area (Å²) in [6, 6.07) is 15.3. The van der Waals surface area contributed by atoms with Crippen LogP contribution >= 0.6 is 11.6 Å². The molecule has 8 nitrogen and oxygen atoms in total. The standard InChI is InChI=1S/C23H22ClN3O5S/c1-14-8-10-16(33(30,31)27(2)20-6-4-5-7-21(20)32-3)13-17(14)23(29)26-15-9-11-19(24)18(12-15)22(25)28/h4-13H,1-3H3,(H2,25,28)(H,26,29). The highest BCUT2D eigenvalue weighted by Gasteiger charge is 2.25. The number of anilines is 2. The number of para-hydroxylation sites is 2. The van der Waals surface area contributed by atoms with Gasteiger partial charge >= 0.3 is 0 Å². The van der Waals surface area contributed by atoms with Gasteiger partial charge in [-0.05, 0) is 55.0 Å². The van der Waals surface area contributed by atoms with Crippen LogP contribution in [0.4, 0.5) is 11.4 Å². The molecule has 0 fully saturated rings. The molecule has 3 aromatic carbocycles. The quantitative estimate of drug-likeness (QED) is 0.525. The Morgan fingerprint density at radius 1 is 1.03 bits per heavy atom. The second-order valence-corrected chi connectivity index (χ2v) is 9.51. The second-order valence-electron chi connectivity index (χ2n) is 7.13. The summed E-state index contributed by atoms with van der Waals surface area (Å²) in [5, 5.41) is 2.80. The topological polar surface area (TPSA) is 119 Å². The van der Waals surface area contributed by atoms with E-state index in [4.69, 9.17) is 22.1 Å². The maximum absolute atomic E-state index is 13.3. The minimum atomic E-state index is -4.00. The summed E-state index contributed by atoms with van der Waals surface area (Å²) in [5.41, 5.74) is 6.71. The molecule has 3 rings (SSSR count). The number of amides is 2. The highest BCUT2D eigenvalue weighted by Crippen LogP contribution is 2.31. The summed E-state index contributed by atoms with van der Waals surface area (Å²) >= 11 is 5.95. The van der Waals surface area contributed by atoms with Crippen molar-refractivity contribution < 1.29 is 22.7 Å². The Bertz CT molecular complexity index is 1340. The Morgan fingerprint density at radius 2 is 1.73 bits per heavy atom. The van der Waals surface area contributed by atoms with Crippen LogP contribution in [0.3, 0.4) is 0 Å². The van der Waals surface area contributed by atoms with Gasteiger partial charge in [-0.15, -0.1) is 0 Å². The molecule has 0 heterocycles. The van der Waals surface area contributed by atoms with E-state index in [0.29, 0.717) is 17.0 Å². The zero-order valence-corrected chi connectivity index (χ0v) is 19.7. The van der Waals surface area contributed by atoms with Gasteiger partial charge in [-0.3, -0.25) is 13.9 Å². The molecule has 0 bridgehead atoms. The number of sulfonamides is 1. The molecular formula is C23H22ClN3O5S. The van der Waals surface area contributed by atoms with Crippen molar-refractivity contribution in [3.63, 3.8) is 0 Å². The number of halogens is 1. The van der Waals surface area contributed by atoms with Gasteiger partial charge in [-0.25, -0.2) is 8.42 Å². The zero-order valence-electron chi connectivity index (χ0n) is 18.1. The van der Waals surface area contributed by atoms with Gasteiger partial charge in [0.05, 0.1) is 28.3 Å². The third-order valence-corrected chi connectivity index (χ3v) is 7.12. The minimum Gasteiger partial charge on any atom is -0.495 e. The summed E-state index contributed by atoms with van der Waals surface area (Å²) in [7, 11) is -1.14. The number of benzene rings is 3. The summed E-state index contributed by atoms with van der Waals surface area (Å²) in [4.78, 5) is 24.4. The summed E-state index contributed by atoms with van der Waals surface area (Å²) in [6.07, 6.45) is 0. The molecule has 3 aromatic rings. The van der Waals surface area contributed by atoms with Gasteiger partial charge in [0, 0.05) is 18.3 Å². The number of nitrogens with two attached hydrogens (primary N) is 1. The lowest BCUT2D eigenvalue weighted by atomic mass is 10.1. The van der Waals surface area contributed by atoms with E-state index in [0.717, 1.165) is 4.31 Å². The van der Waals surface area contributed by atoms with Crippen molar-refractivity contribution in [3.8, 4) is 5.75 Å². The Balaban J connectivity index is 1.95. The molecule has 0 radical (unpaired) electrons. The molecule has 3 N–H and O–H groups in total. The van der Waals surface area contributed by atoms with Crippen molar-refractivity contribution in [1.82, 2.24) is 0 Å². The molecule has 0 aliphatic carbocycles. The minimum absolute atomic E-state index is 0.0564. The lowest BCUT2D eigenvalue weighted by Gasteiger charge is -2.22. The van der Waals surface area contributed by atoms with Gasteiger partial charge in [0.15, 0.2) is 0 Å². The number of hydrogen-bond acceptors (Lipinski definition) is 5. The van der Waals surface area contributed by atoms with Crippen molar-refractivity contribution in [2.24, 2.45) is 5.73 Å². The summed E-state index contributed by atoms with van der Waals surface area (Å²) < 4.78 is 32.9. The van der Waals surface area contributed by atoms with E-state index in [1.807, 2.05) is 0 Å². The van der Waals surface area contributed by atoms with E-state index in [1.54, 1.807) is 37.3 Å². The van der Waals surface area contributed by atoms with E-state index >= 15 is 0 Å². The van der Waals surface area contributed by atoms with Crippen molar-refractivity contribution in [1.29, 1.82) is 0 Å². The molecule has 10 heteroatoms. The van der Waals surface area contributed by atoms with Crippen LogP contribution in [0.1, 0.15) is 26.3 Å². The molecule has 172 valence electrons. The van der Waals surface area contributed by atoms with Gasteiger partial charge in [0.25, 0.3) is 15.9 Å². The fourth-order valence-corrected chi connectivity index (χ4v) is 4.62. The SMILES string of the molecule is COc1ccccc1N(C)S(=O)(=O)c1ccc(C)c(C(=O)Nc2ccc(Cl)c(C(N)=O)c2)c1. The number of carbonyl (C=O) groups is 2. The first-order valence-electron chi connectivity index (χ1n) is 9.69. The predicted molar refractivity (Wildman–Crippen MR) is 128 cm³/mol. The first kappa shape index (κ1) is 24.1. The van der Waals surface area contributed by atoms with E-state index in [1.165, 1.54) is 44.5 Å². The molecule has 0 saturated heterocycles. The molecule has 0 aliphatic rings. The van der Waals surface area contributed by atoms with Crippen molar-refractivity contribution in [3.05, 3.63) is 82.4 Å². The average Bonchev–Trinajstić information content (AvgIpc) is 2.79. The number of aryl methyl sites for hydroxylation is 1. The van der Waals surface area contributed by atoms with Crippen LogP contribution < -0.4 is 20.1 Å². The fourth-order valence-electron chi connectivity index (χ4n) is 3.17. The average molecular weight is 488 g/mol. The van der Waals surface area contributed by atoms with Gasteiger partial charge in [-0.1, -0.05) is 29.8 Å². The van der Waals surface area contributed by atoms with Crippen molar-refractivity contribution >= 4 is 44.8 Å². The van der Waals surface area contributed by atoms with E-state index < -0.39 is 21.8 Å². The Morgan fingerprint density at radius 3 is 2.39 bits per heavy atom. The summed E-state index contributed by atoms with van der Waals surface area (Å²) in [5.74, 6) is -0.899. The number of nitrogens with zero attached hydrogens (tertiary/aromatic N) is 1. The van der Waals surface area contributed by atoms with Crippen LogP contribution in [0.25, 0.3) is 0 Å². The van der Waals surface area contributed by atoms with Crippen LogP contribution in [0.15, 0.2) is 65.6 Å². The number of carbonyl (C=O) groups excluding carboxylic acids is 2. The molecule has 33 heavy (non-hydrogen) atoms. The highest BCUT2D eigenvalue weighted by molar-refractivity contribution is 7.92. The first-order valence-corrected chi connectivity index (χ1v) is 11.5. The van der Waals surface area contributed by atoms with Crippen LogP contribution in [-0.2, 0) is 10.0 Å². The van der Waals surface area contributed by atoms with Crippen molar-refractivity contribution in [2.45, 2.75) is 11.8 Å². The van der Waals surface area contributed by atoms with E-state index in [-0.39, 0.29) is 26.7 Å². The van der Waals surface area contributed by atoms with Crippen LogP contribution in [0.2, 0.25) is 5.02 Å². The molecule has 0 atom stereocenters. The van der Waals surface area contributed by atoms with Crippen molar-refractivity contribution in [2.75, 3.05) is 23.8 Å². The molecule has 0 saturated carbocycles. The number of hydrogen-bond donors (Lipinski definition) is 2. The molecule has 0 spiro atoms. The Labute approximate surface area is 197 Å². The zero-order chi connectivity index (χ0) is 24.3. The maximum Gasteiger partial charge on any atom is 0.264 e. The number of methoxy groups -OCH3 is 1. The van der Waals surface area contributed by atoms with Crippen LogP contribution in [-0.4, -0.2) is 34.4 Å². The third-order valence-electron chi connectivity index (χ3n) is 5.03. The van der Waals surface area contributed by atoms with E-state index in [9.17, 15) is 18.0 Å². The van der Waals surface area contributed by atoms with Crippen LogP contribution in [0, 0.1) is 6.92 Å². The Hall–Kier alpha value is -3.56. The third kappa shape index (κ3) is 4.94. The summed E-state index contributed by atoms with van der Waals surface area (Å²) in [6.45, 7) is 1.69. The highest BCUT2D eigenvalue weighted by atomic mass is 35.5. The maximum atomic E-state index is 13.3. The lowest BCUT2D eigenvalue weighted by Crippen LogP contribution is -2.27. The fraction of sp³-hybridized carbons (Fsp3) is 0.130. The largest absolute Gasteiger partial charge is 0.495 e. The molecule has 0 aliphatic heterocycles. The molecule has 0 aromatic heterocycles. The Kier molecular flexibility index (Phi) is 6.95.